The predicted molar refractivity (Wildman–Crippen MR) is 245 cm³/mol. The van der Waals surface area contributed by atoms with E-state index in [-0.39, 0.29) is 10.8 Å². The summed E-state index contributed by atoms with van der Waals surface area (Å²) in [4.78, 5) is 0. The summed E-state index contributed by atoms with van der Waals surface area (Å²) in [7, 11) is 0. The second kappa shape index (κ2) is 12.7. The molecule has 0 saturated carbocycles. The van der Waals surface area contributed by atoms with Crippen LogP contribution in [0.2, 0.25) is 0 Å². The van der Waals surface area contributed by atoms with E-state index in [1.807, 2.05) is 0 Å². The lowest BCUT2D eigenvalue weighted by molar-refractivity contribution is 0.591. The third-order valence-corrected chi connectivity index (χ3v) is 12.1. The smallest absolute Gasteiger partial charge is 0.00139 e. The first kappa shape index (κ1) is 34.3. The van der Waals surface area contributed by atoms with Crippen molar-refractivity contribution in [2.24, 2.45) is 0 Å². The first-order valence-electron chi connectivity index (χ1n) is 20.0. The largest absolute Gasteiger partial charge is 0.0616 e. The Morgan fingerprint density at radius 1 is 0.250 bits per heavy atom. The van der Waals surface area contributed by atoms with Gasteiger partial charge in [-0.05, 0) is 144 Å². The molecule has 0 spiro atoms. The second-order valence-corrected chi connectivity index (χ2v) is 17.7. The molecule has 10 rings (SSSR count). The summed E-state index contributed by atoms with van der Waals surface area (Å²) in [5.74, 6) is 0. The van der Waals surface area contributed by atoms with Gasteiger partial charge < -0.3 is 0 Å². The molecule has 56 heavy (non-hydrogen) atoms. The molecule has 0 bridgehead atoms. The van der Waals surface area contributed by atoms with Crippen LogP contribution in [0.3, 0.4) is 0 Å². The minimum absolute atomic E-state index is 0.00902. The van der Waals surface area contributed by atoms with Crippen LogP contribution in [0.25, 0.3) is 98.0 Å². The van der Waals surface area contributed by atoms with Crippen LogP contribution in [0.4, 0.5) is 0 Å². The zero-order valence-corrected chi connectivity index (χ0v) is 33.2. The van der Waals surface area contributed by atoms with E-state index in [1.165, 1.54) is 109 Å². The molecule has 0 amide bonds. The van der Waals surface area contributed by atoms with Crippen LogP contribution in [-0.4, -0.2) is 0 Å². The quantitative estimate of drug-likeness (QED) is 0.160. The van der Waals surface area contributed by atoms with Gasteiger partial charge in [0.2, 0.25) is 0 Å². The molecule has 270 valence electrons. The highest BCUT2D eigenvalue weighted by molar-refractivity contribution is 6.30. The SMILES string of the molecule is CC(C)(C)c1ccc2c(-c3c4ccccc4c(-c4ccc5ccccc5c4)c4cc(C(C)(C)C)ccc34)c3ccccc3c(-c3ccc4ccccc4c3)c2c1. The Balaban J connectivity index is 1.40. The number of benzene rings is 10. The molecule has 0 heterocycles. The Morgan fingerprint density at radius 2 is 0.571 bits per heavy atom. The highest BCUT2D eigenvalue weighted by Gasteiger charge is 2.25. The minimum atomic E-state index is -0.00902. The summed E-state index contributed by atoms with van der Waals surface area (Å²) < 4.78 is 0. The number of hydrogen-bond donors (Lipinski definition) is 0. The molecular formula is C56H46. The van der Waals surface area contributed by atoms with Crippen LogP contribution >= 0.6 is 0 Å². The van der Waals surface area contributed by atoms with Crippen molar-refractivity contribution < 1.29 is 0 Å². The molecule has 0 aliphatic rings. The second-order valence-electron chi connectivity index (χ2n) is 17.7. The lowest BCUT2D eigenvalue weighted by Crippen LogP contribution is -2.11. The van der Waals surface area contributed by atoms with Crippen LogP contribution in [-0.2, 0) is 10.8 Å². The van der Waals surface area contributed by atoms with E-state index in [2.05, 4.69) is 211 Å². The van der Waals surface area contributed by atoms with Crippen LogP contribution in [0.15, 0.2) is 170 Å². The summed E-state index contributed by atoms with van der Waals surface area (Å²) >= 11 is 0. The number of rotatable bonds is 3. The standard InChI is InChI=1S/C56H46/c1-55(2,3)41-27-29-47-49(33-41)51(39-25-23-35-15-7-9-17-37(35)31-39)43-19-11-13-21-45(43)53(47)54-46-22-14-12-20-44(46)52(40-26-24-36-16-8-10-18-38(36)32-40)50-34-42(56(4,5)6)28-30-48(50)54/h7-34H,1-6H3. The van der Waals surface area contributed by atoms with E-state index in [1.54, 1.807) is 0 Å². The monoisotopic (exact) mass is 718 g/mol. The van der Waals surface area contributed by atoms with Gasteiger partial charge in [0, 0.05) is 0 Å². The average molecular weight is 719 g/mol. The van der Waals surface area contributed by atoms with Crippen molar-refractivity contribution in [1.82, 2.24) is 0 Å². The molecule has 0 nitrogen and oxygen atoms in total. The van der Waals surface area contributed by atoms with Gasteiger partial charge in [0.05, 0.1) is 0 Å². The fraction of sp³-hybridized carbons (Fsp3) is 0.143. The lowest BCUT2D eigenvalue weighted by atomic mass is 9.78. The molecule has 0 aliphatic heterocycles. The predicted octanol–water partition coefficient (Wildman–Crippen LogP) is 16.2. The first-order chi connectivity index (χ1) is 27.0. The van der Waals surface area contributed by atoms with Crippen molar-refractivity contribution in [2.75, 3.05) is 0 Å². The maximum atomic E-state index is 2.49. The molecule has 0 aliphatic carbocycles. The summed E-state index contributed by atoms with van der Waals surface area (Å²) in [6.45, 7) is 13.9. The highest BCUT2D eigenvalue weighted by Crippen LogP contribution is 2.51. The van der Waals surface area contributed by atoms with Gasteiger partial charge in [0.25, 0.3) is 0 Å². The zero-order valence-electron chi connectivity index (χ0n) is 33.2. The van der Waals surface area contributed by atoms with E-state index < -0.39 is 0 Å². The Kier molecular flexibility index (Phi) is 7.74. The van der Waals surface area contributed by atoms with E-state index in [9.17, 15) is 0 Å². The molecule has 0 atom stereocenters. The fourth-order valence-corrected chi connectivity index (χ4v) is 9.14. The summed E-state index contributed by atoms with van der Waals surface area (Å²) in [5.41, 5.74) is 10.4. The number of hydrogen-bond acceptors (Lipinski definition) is 0. The van der Waals surface area contributed by atoms with Crippen molar-refractivity contribution in [3.63, 3.8) is 0 Å². The highest BCUT2D eigenvalue weighted by atomic mass is 14.3. The Hall–Kier alpha value is -6.24. The molecular weight excluding hydrogens is 673 g/mol. The van der Waals surface area contributed by atoms with Crippen molar-refractivity contribution in [3.8, 4) is 33.4 Å². The Bertz CT molecular complexity index is 2980. The van der Waals surface area contributed by atoms with E-state index in [4.69, 9.17) is 0 Å². The van der Waals surface area contributed by atoms with Crippen molar-refractivity contribution in [2.45, 2.75) is 52.4 Å². The third-order valence-electron chi connectivity index (χ3n) is 12.1. The molecule has 0 radical (unpaired) electrons. The molecule has 0 heteroatoms. The zero-order chi connectivity index (χ0) is 38.3. The third kappa shape index (κ3) is 5.50. The van der Waals surface area contributed by atoms with Gasteiger partial charge in [-0.2, -0.15) is 0 Å². The molecule has 0 unspecified atom stereocenters. The topological polar surface area (TPSA) is 0 Å². The lowest BCUT2D eigenvalue weighted by Gasteiger charge is -2.26. The normalized spacial score (nSPS) is 12.5. The Morgan fingerprint density at radius 3 is 0.946 bits per heavy atom. The molecule has 0 N–H and O–H groups in total. The van der Waals surface area contributed by atoms with Gasteiger partial charge in [0.1, 0.15) is 0 Å². The summed E-state index contributed by atoms with van der Waals surface area (Å²) in [5, 5.41) is 15.3. The molecule has 0 aromatic heterocycles. The van der Waals surface area contributed by atoms with Crippen LogP contribution in [0.5, 0.6) is 0 Å². The average Bonchev–Trinajstić information content (AvgIpc) is 3.20. The van der Waals surface area contributed by atoms with Gasteiger partial charge in [-0.25, -0.2) is 0 Å². The molecule has 0 fully saturated rings. The van der Waals surface area contributed by atoms with E-state index in [0.717, 1.165) is 0 Å². The van der Waals surface area contributed by atoms with Crippen molar-refractivity contribution in [3.05, 3.63) is 181 Å². The molecule has 10 aromatic carbocycles. The van der Waals surface area contributed by atoms with Crippen LogP contribution in [0.1, 0.15) is 52.7 Å². The molecule has 10 aromatic rings. The van der Waals surface area contributed by atoms with Gasteiger partial charge >= 0.3 is 0 Å². The maximum Gasteiger partial charge on any atom is -0.00139 e. The van der Waals surface area contributed by atoms with Gasteiger partial charge in [-0.1, -0.05) is 187 Å². The fourth-order valence-electron chi connectivity index (χ4n) is 9.14. The maximum absolute atomic E-state index is 2.49. The van der Waals surface area contributed by atoms with Crippen molar-refractivity contribution in [1.29, 1.82) is 0 Å². The minimum Gasteiger partial charge on any atom is -0.0616 e. The number of fused-ring (bicyclic) bond motifs is 6. The van der Waals surface area contributed by atoms with Gasteiger partial charge in [-0.15, -0.1) is 0 Å². The van der Waals surface area contributed by atoms with Crippen LogP contribution in [0, 0.1) is 0 Å². The van der Waals surface area contributed by atoms with E-state index in [0.29, 0.717) is 0 Å². The Labute approximate surface area is 330 Å². The van der Waals surface area contributed by atoms with Crippen LogP contribution < -0.4 is 0 Å². The van der Waals surface area contributed by atoms with Crippen molar-refractivity contribution >= 4 is 64.6 Å². The summed E-state index contributed by atoms with van der Waals surface area (Å²) in [6, 6.07) is 64.2. The van der Waals surface area contributed by atoms with Gasteiger partial charge in [0.15, 0.2) is 0 Å². The van der Waals surface area contributed by atoms with E-state index >= 15 is 0 Å². The summed E-state index contributed by atoms with van der Waals surface area (Å²) in [6.07, 6.45) is 0. The van der Waals surface area contributed by atoms with Gasteiger partial charge in [-0.3, -0.25) is 0 Å². The first-order valence-corrected chi connectivity index (χ1v) is 20.0. The molecule has 0 saturated heterocycles.